The summed E-state index contributed by atoms with van der Waals surface area (Å²) in [7, 11) is 0. The fraction of sp³-hybridized carbons (Fsp3) is 0.143. The van der Waals surface area contributed by atoms with Crippen LogP contribution in [0.3, 0.4) is 0 Å². The minimum absolute atomic E-state index is 0.264. The summed E-state index contributed by atoms with van der Waals surface area (Å²) in [6, 6.07) is 3.20. The van der Waals surface area contributed by atoms with Gasteiger partial charge >= 0.3 is 5.97 Å². The lowest BCUT2D eigenvalue weighted by Gasteiger charge is -2.03. The minimum atomic E-state index is -1.03. The Labute approximate surface area is 125 Å². The van der Waals surface area contributed by atoms with Crippen molar-refractivity contribution in [2.75, 3.05) is 6.54 Å². The van der Waals surface area contributed by atoms with Crippen molar-refractivity contribution in [1.29, 1.82) is 0 Å². The minimum Gasteiger partial charge on any atom is -0.478 e. The summed E-state index contributed by atoms with van der Waals surface area (Å²) in [6.45, 7) is 0.495. The first kappa shape index (κ1) is 14.9. The fourth-order valence-electron chi connectivity index (χ4n) is 1.56. The molecular weight excluding hydrogens is 290 g/mol. The Morgan fingerprint density at radius 2 is 2.19 bits per heavy atom. The summed E-state index contributed by atoms with van der Waals surface area (Å²) in [6.07, 6.45) is 6.30. The van der Waals surface area contributed by atoms with Crippen LogP contribution in [0.2, 0.25) is 0 Å². The molecule has 0 spiro atoms. The Kier molecular flexibility index (Phi) is 5.16. The number of carboxylic acids is 1. The molecule has 21 heavy (non-hydrogen) atoms. The van der Waals surface area contributed by atoms with E-state index in [0.717, 1.165) is 11.1 Å². The van der Waals surface area contributed by atoms with Crippen molar-refractivity contribution in [3.05, 3.63) is 52.2 Å². The van der Waals surface area contributed by atoms with Crippen LogP contribution in [0.1, 0.15) is 21.1 Å². The van der Waals surface area contributed by atoms with Crippen LogP contribution in [0, 0.1) is 0 Å². The highest BCUT2D eigenvalue weighted by molar-refractivity contribution is 7.09. The van der Waals surface area contributed by atoms with Gasteiger partial charge in [0.25, 0.3) is 5.91 Å². The molecule has 0 fully saturated rings. The second kappa shape index (κ2) is 7.30. The summed E-state index contributed by atoms with van der Waals surface area (Å²) in [5.41, 5.74) is 0.915. The predicted octanol–water partition coefficient (Wildman–Crippen LogP) is 1.61. The Hall–Kier alpha value is -2.54. The number of amides is 1. The molecule has 2 rings (SSSR count). The lowest BCUT2D eigenvalue weighted by atomic mass is 10.2. The molecule has 0 atom stereocenters. The smallest absolute Gasteiger partial charge is 0.328 e. The SMILES string of the molecule is O=C(O)C=Cc1ccc(C(=O)NCCc2nccs2)nc1. The molecule has 0 aliphatic heterocycles. The largest absolute Gasteiger partial charge is 0.478 e. The van der Waals surface area contributed by atoms with E-state index in [4.69, 9.17) is 5.11 Å². The van der Waals surface area contributed by atoms with Crippen molar-refractivity contribution in [2.45, 2.75) is 6.42 Å². The Morgan fingerprint density at radius 1 is 1.33 bits per heavy atom. The normalized spacial score (nSPS) is 10.7. The molecule has 2 aromatic heterocycles. The molecular formula is C14H13N3O3S. The van der Waals surface area contributed by atoms with Gasteiger partial charge in [-0.05, 0) is 17.7 Å². The summed E-state index contributed by atoms with van der Waals surface area (Å²) in [5, 5.41) is 14.1. The molecule has 7 heteroatoms. The Balaban J connectivity index is 1.86. The molecule has 0 radical (unpaired) electrons. The highest BCUT2D eigenvalue weighted by Crippen LogP contribution is 2.05. The number of carbonyl (C=O) groups excluding carboxylic acids is 1. The van der Waals surface area contributed by atoms with Crippen molar-refractivity contribution in [3.63, 3.8) is 0 Å². The number of hydrogen-bond acceptors (Lipinski definition) is 5. The highest BCUT2D eigenvalue weighted by atomic mass is 32.1. The number of carboxylic acid groups (broad SMARTS) is 1. The molecule has 2 aromatic rings. The molecule has 0 bridgehead atoms. The first-order valence-electron chi connectivity index (χ1n) is 6.19. The molecule has 0 aliphatic rings. The zero-order valence-corrected chi connectivity index (χ0v) is 11.8. The summed E-state index contributed by atoms with van der Waals surface area (Å²) in [4.78, 5) is 30.4. The van der Waals surface area contributed by atoms with Crippen LogP contribution in [-0.4, -0.2) is 33.5 Å². The van der Waals surface area contributed by atoms with Crippen molar-refractivity contribution >= 4 is 29.3 Å². The van der Waals surface area contributed by atoms with E-state index >= 15 is 0 Å². The van der Waals surface area contributed by atoms with Crippen LogP contribution in [-0.2, 0) is 11.2 Å². The number of carbonyl (C=O) groups is 2. The summed E-state index contributed by atoms with van der Waals surface area (Å²) < 4.78 is 0. The van der Waals surface area contributed by atoms with Crippen LogP contribution in [0.4, 0.5) is 0 Å². The zero-order chi connectivity index (χ0) is 15.1. The van der Waals surface area contributed by atoms with Gasteiger partial charge in [0, 0.05) is 36.8 Å². The van der Waals surface area contributed by atoms with E-state index < -0.39 is 5.97 Å². The number of nitrogens with zero attached hydrogens (tertiary/aromatic N) is 2. The number of thiazole rings is 1. The van der Waals surface area contributed by atoms with Gasteiger partial charge in [0.15, 0.2) is 0 Å². The summed E-state index contributed by atoms with van der Waals surface area (Å²) in [5.74, 6) is -1.29. The molecule has 0 saturated carbocycles. The van der Waals surface area contributed by atoms with E-state index in [2.05, 4.69) is 15.3 Å². The first-order valence-corrected chi connectivity index (χ1v) is 7.07. The average Bonchev–Trinajstić information content (AvgIpc) is 2.99. The predicted molar refractivity (Wildman–Crippen MR) is 79.1 cm³/mol. The van der Waals surface area contributed by atoms with E-state index in [1.807, 2.05) is 5.38 Å². The van der Waals surface area contributed by atoms with Crippen LogP contribution in [0.5, 0.6) is 0 Å². The van der Waals surface area contributed by atoms with Gasteiger partial charge in [-0.3, -0.25) is 9.78 Å². The number of hydrogen-bond donors (Lipinski definition) is 2. The third-order valence-electron chi connectivity index (χ3n) is 2.55. The van der Waals surface area contributed by atoms with E-state index in [1.165, 1.54) is 12.3 Å². The van der Waals surface area contributed by atoms with Gasteiger partial charge in [0.2, 0.25) is 0 Å². The van der Waals surface area contributed by atoms with Crippen LogP contribution in [0.25, 0.3) is 6.08 Å². The average molecular weight is 303 g/mol. The second-order valence-electron chi connectivity index (χ2n) is 4.08. The van der Waals surface area contributed by atoms with E-state index in [9.17, 15) is 9.59 Å². The summed E-state index contributed by atoms with van der Waals surface area (Å²) >= 11 is 1.55. The molecule has 0 unspecified atom stereocenters. The Morgan fingerprint density at radius 3 is 2.81 bits per heavy atom. The van der Waals surface area contributed by atoms with Crippen molar-refractivity contribution in [3.8, 4) is 0 Å². The Bertz CT molecular complexity index is 636. The molecule has 0 aromatic carbocycles. The zero-order valence-electron chi connectivity index (χ0n) is 11.0. The molecule has 2 heterocycles. The van der Waals surface area contributed by atoms with Crippen LogP contribution < -0.4 is 5.32 Å². The molecule has 6 nitrogen and oxygen atoms in total. The standard InChI is InChI=1S/C14H13N3O3S/c18-13(19)4-2-10-1-3-11(17-9-10)14(20)16-6-5-12-15-7-8-21-12/h1-4,7-9H,5-6H2,(H,16,20)(H,18,19). The number of rotatable bonds is 6. The first-order chi connectivity index (χ1) is 10.1. The van der Waals surface area contributed by atoms with Crippen LogP contribution >= 0.6 is 11.3 Å². The highest BCUT2D eigenvalue weighted by Gasteiger charge is 2.06. The molecule has 108 valence electrons. The van der Waals surface area contributed by atoms with E-state index in [1.54, 1.807) is 29.7 Å². The van der Waals surface area contributed by atoms with Crippen molar-refractivity contribution in [1.82, 2.24) is 15.3 Å². The molecule has 0 saturated heterocycles. The number of aliphatic carboxylic acids is 1. The van der Waals surface area contributed by atoms with Crippen LogP contribution in [0.15, 0.2) is 36.0 Å². The van der Waals surface area contributed by atoms with Crippen molar-refractivity contribution < 1.29 is 14.7 Å². The van der Waals surface area contributed by atoms with E-state index in [0.29, 0.717) is 24.2 Å². The van der Waals surface area contributed by atoms with Gasteiger partial charge in [0.05, 0.1) is 5.01 Å². The van der Waals surface area contributed by atoms with Gasteiger partial charge in [0.1, 0.15) is 5.69 Å². The van der Waals surface area contributed by atoms with E-state index in [-0.39, 0.29) is 5.91 Å². The topological polar surface area (TPSA) is 92.2 Å². The maximum absolute atomic E-state index is 11.8. The van der Waals surface area contributed by atoms with Gasteiger partial charge in [-0.15, -0.1) is 11.3 Å². The molecule has 2 N–H and O–H groups in total. The number of pyridine rings is 1. The molecule has 0 aliphatic carbocycles. The fourth-order valence-corrected chi connectivity index (χ4v) is 2.18. The lowest BCUT2D eigenvalue weighted by molar-refractivity contribution is -0.131. The molecule has 1 amide bonds. The number of nitrogens with one attached hydrogen (secondary N) is 1. The van der Waals surface area contributed by atoms with Gasteiger partial charge in [-0.2, -0.15) is 0 Å². The quantitative estimate of drug-likeness (QED) is 0.791. The van der Waals surface area contributed by atoms with Gasteiger partial charge < -0.3 is 10.4 Å². The second-order valence-corrected chi connectivity index (χ2v) is 5.06. The number of aromatic nitrogens is 2. The maximum atomic E-state index is 11.8. The third kappa shape index (κ3) is 4.81. The van der Waals surface area contributed by atoms with Gasteiger partial charge in [-0.25, -0.2) is 9.78 Å². The third-order valence-corrected chi connectivity index (χ3v) is 3.38. The maximum Gasteiger partial charge on any atom is 0.328 e. The monoisotopic (exact) mass is 303 g/mol. The van der Waals surface area contributed by atoms with Gasteiger partial charge in [-0.1, -0.05) is 6.07 Å². The lowest BCUT2D eigenvalue weighted by Crippen LogP contribution is -2.26. The van der Waals surface area contributed by atoms with Crippen molar-refractivity contribution in [2.24, 2.45) is 0 Å².